The molecule has 6 heteroatoms. The van der Waals surface area contributed by atoms with Crippen molar-refractivity contribution < 1.29 is 14.3 Å². The quantitative estimate of drug-likeness (QED) is 0.493. The summed E-state index contributed by atoms with van der Waals surface area (Å²) in [6.45, 7) is 7.75. The van der Waals surface area contributed by atoms with Crippen LogP contribution in [0.2, 0.25) is 5.02 Å². The van der Waals surface area contributed by atoms with Crippen molar-refractivity contribution in [3.63, 3.8) is 0 Å². The van der Waals surface area contributed by atoms with Crippen LogP contribution in [0, 0.1) is 0 Å². The van der Waals surface area contributed by atoms with Gasteiger partial charge in [0.15, 0.2) is 0 Å². The van der Waals surface area contributed by atoms with Gasteiger partial charge in [0.05, 0.1) is 6.42 Å². The highest BCUT2D eigenvalue weighted by molar-refractivity contribution is 6.30. The lowest BCUT2D eigenvalue weighted by Gasteiger charge is -2.40. The van der Waals surface area contributed by atoms with Gasteiger partial charge in [-0.2, -0.15) is 0 Å². The van der Waals surface area contributed by atoms with Crippen LogP contribution in [-0.2, 0) is 16.0 Å². The van der Waals surface area contributed by atoms with E-state index in [0.717, 1.165) is 37.2 Å². The summed E-state index contributed by atoms with van der Waals surface area (Å²) in [6.07, 6.45) is 2.17. The Balaban J connectivity index is 1.77. The maximum absolute atomic E-state index is 13.4. The van der Waals surface area contributed by atoms with Gasteiger partial charge in [0, 0.05) is 42.8 Å². The van der Waals surface area contributed by atoms with Crippen molar-refractivity contribution in [3.05, 3.63) is 59.1 Å². The van der Waals surface area contributed by atoms with Crippen LogP contribution in [0.3, 0.4) is 0 Å². The van der Waals surface area contributed by atoms with E-state index < -0.39 is 0 Å². The minimum Gasteiger partial charge on any atom is -0.427 e. The van der Waals surface area contributed by atoms with E-state index in [-0.39, 0.29) is 24.3 Å². The molecule has 2 aromatic rings. The highest BCUT2D eigenvalue weighted by atomic mass is 35.5. The van der Waals surface area contributed by atoms with Crippen molar-refractivity contribution in [1.82, 2.24) is 4.90 Å². The maximum atomic E-state index is 13.4. The van der Waals surface area contributed by atoms with Crippen LogP contribution >= 0.6 is 11.6 Å². The number of anilines is 1. The molecule has 0 aliphatic carbocycles. The zero-order valence-corrected chi connectivity index (χ0v) is 18.6. The molecule has 0 saturated carbocycles. The minimum atomic E-state index is -0.361. The first-order valence-corrected chi connectivity index (χ1v) is 10.8. The molecule has 3 rings (SSSR count). The lowest BCUT2D eigenvalue weighted by Crippen LogP contribution is -2.49. The van der Waals surface area contributed by atoms with E-state index in [1.807, 2.05) is 41.3 Å². The number of halogens is 1. The summed E-state index contributed by atoms with van der Waals surface area (Å²) in [5, 5.41) is 0.654. The second-order valence-electron chi connectivity index (χ2n) is 8.02. The van der Waals surface area contributed by atoms with Gasteiger partial charge in [-0.15, -0.1) is 0 Å². The first kappa shape index (κ1) is 22.3. The first-order chi connectivity index (χ1) is 14.3. The van der Waals surface area contributed by atoms with Crippen molar-refractivity contribution in [2.24, 2.45) is 0 Å². The molecule has 1 fully saturated rings. The number of esters is 1. The first-order valence-electron chi connectivity index (χ1n) is 10.4. The molecule has 1 amide bonds. The van der Waals surface area contributed by atoms with Gasteiger partial charge in [-0.05, 0) is 68.7 Å². The highest BCUT2D eigenvalue weighted by Gasteiger charge is 2.29. The minimum absolute atomic E-state index is 0.0561. The van der Waals surface area contributed by atoms with Crippen LogP contribution in [0.4, 0.5) is 5.69 Å². The monoisotopic (exact) mass is 428 g/mol. The Bertz CT molecular complexity index is 857. The van der Waals surface area contributed by atoms with Gasteiger partial charge in [0.2, 0.25) is 5.91 Å². The summed E-state index contributed by atoms with van der Waals surface area (Å²) in [6, 6.07) is 15.3. The number of nitrogens with zero attached hydrogens (tertiary/aromatic N) is 2. The molecule has 0 N–H and O–H groups in total. The fourth-order valence-corrected chi connectivity index (χ4v) is 4.05. The zero-order chi connectivity index (χ0) is 21.7. The smallest absolute Gasteiger partial charge is 0.308 e. The number of amides is 1. The third-order valence-corrected chi connectivity index (χ3v) is 5.76. The molecule has 0 spiro atoms. The molecule has 1 heterocycles. The standard InChI is InChI=1S/C24H29ClN2O3/c1-17(2)26-14-12-22(13-15-26)27(21-8-6-20(25)7-9-21)24(29)16-19-4-10-23(11-5-19)30-18(3)28/h4-11,17,22H,12-16H2,1-3H3. The zero-order valence-electron chi connectivity index (χ0n) is 17.8. The number of piperidine rings is 1. The van der Waals surface area contributed by atoms with Crippen molar-refractivity contribution in [1.29, 1.82) is 0 Å². The Labute approximate surface area is 183 Å². The van der Waals surface area contributed by atoms with Crippen molar-refractivity contribution in [3.8, 4) is 5.75 Å². The van der Waals surface area contributed by atoms with Crippen LogP contribution in [0.5, 0.6) is 5.75 Å². The lowest BCUT2D eigenvalue weighted by atomic mass is 9.99. The van der Waals surface area contributed by atoms with Gasteiger partial charge in [-0.1, -0.05) is 23.7 Å². The molecule has 0 aromatic heterocycles. The molecular weight excluding hydrogens is 400 g/mol. The number of likely N-dealkylation sites (tertiary alicyclic amines) is 1. The normalized spacial score (nSPS) is 15.2. The number of hydrogen-bond acceptors (Lipinski definition) is 4. The number of benzene rings is 2. The van der Waals surface area contributed by atoms with E-state index in [9.17, 15) is 9.59 Å². The van der Waals surface area contributed by atoms with Crippen LogP contribution in [-0.4, -0.2) is 41.9 Å². The maximum Gasteiger partial charge on any atom is 0.308 e. The summed E-state index contributed by atoms with van der Waals surface area (Å²) in [4.78, 5) is 28.9. The fourth-order valence-electron chi connectivity index (χ4n) is 3.92. The summed E-state index contributed by atoms with van der Waals surface area (Å²) in [5.41, 5.74) is 1.76. The SMILES string of the molecule is CC(=O)Oc1ccc(CC(=O)N(c2ccc(Cl)cc2)C2CCN(C(C)C)CC2)cc1. The third kappa shape index (κ3) is 5.83. The molecule has 2 aromatic carbocycles. The van der Waals surface area contributed by atoms with Gasteiger partial charge in [0.1, 0.15) is 5.75 Å². The van der Waals surface area contributed by atoms with E-state index in [1.54, 1.807) is 12.1 Å². The van der Waals surface area contributed by atoms with E-state index in [4.69, 9.17) is 16.3 Å². The summed E-state index contributed by atoms with van der Waals surface area (Å²) < 4.78 is 5.08. The van der Waals surface area contributed by atoms with Gasteiger partial charge in [-0.3, -0.25) is 9.59 Å². The van der Waals surface area contributed by atoms with Crippen molar-refractivity contribution in [2.75, 3.05) is 18.0 Å². The topological polar surface area (TPSA) is 49.9 Å². The molecule has 1 aliphatic rings. The van der Waals surface area contributed by atoms with Crippen molar-refractivity contribution in [2.45, 2.75) is 52.1 Å². The molecule has 0 atom stereocenters. The Morgan fingerprint density at radius 2 is 1.67 bits per heavy atom. The summed E-state index contributed by atoms with van der Waals surface area (Å²) in [5.74, 6) is 0.176. The van der Waals surface area contributed by atoms with Crippen LogP contribution in [0.25, 0.3) is 0 Å². The van der Waals surface area contributed by atoms with Gasteiger partial charge in [0.25, 0.3) is 0 Å². The van der Waals surface area contributed by atoms with E-state index in [2.05, 4.69) is 18.7 Å². The fraction of sp³-hybridized carbons (Fsp3) is 0.417. The van der Waals surface area contributed by atoms with Gasteiger partial charge < -0.3 is 14.5 Å². The predicted octanol–water partition coefficient (Wildman–Crippen LogP) is 4.71. The molecule has 1 saturated heterocycles. The number of ether oxygens (including phenoxy) is 1. The second kappa shape index (κ2) is 10.1. The molecular formula is C24H29ClN2O3. The third-order valence-electron chi connectivity index (χ3n) is 5.51. The molecule has 0 bridgehead atoms. The Hall–Kier alpha value is -2.37. The largest absolute Gasteiger partial charge is 0.427 e. The molecule has 0 radical (unpaired) electrons. The Morgan fingerprint density at radius 1 is 1.07 bits per heavy atom. The molecule has 30 heavy (non-hydrogen) atoms. The average Bonchev–Trinajstić information content (AvgIpc) is 2.71. The van der Waals surface area contributed by atoms with Gasteiger partial charge >= 0.3 is 5.97 Å². The van der Waals surface area contributed by atoms with E-state index >= 15 is 0 Å². The number of rotatable bonds is 6. The predicted molar refractivity (Wildman–Crippen MR) is 120 cm³/mol. The number of hydrogen-bond donors (Lipinski definition) is 0. The lowest BCUT2D eigenvalue weighted by molar-refractivity contribution is -0.131. The Kier molecular flexibility index (Phi) is 7.51. The highest BCUT2D eigenvalue weighted by Crippen LogP contribution is 2.27. The average molecular weight is 429 g/mol. The van der Waals surface area contributed by atoms with Crippen LogP contribution in [0.1, 0.15) is 39.2 Å². The number of carbonyl (C=O) groups is 2. The molecule has 5 nitrogen and oxygen atoms in total. The van der Waals surface area contributed by atoms with E-state index in [0.29, 0.717) is 16.8 Å². The van der Waals surface area contributed by atoms with Gasteiger partial charge in [-0.25, -0.2) is 0 Å². The summed E-state index contributed by atoms with van der Waals surface area (Å²) in [7, 11) is 0. The van der Waals surface area contributed by atoms with E-state index in [1.165, 1.54) is 6.92 Å². The molecule has 160 valence electrons. The molecule has 1 aliphatic heterocycles. The van der Waals surface area contributed by atoms with Crippen LogP contribution in [0.15, 0.2) is 48.5 Å². The van der Waals surface area contributed by atoms with Crippen molar-refractivity contribution >= 4 is 29.2 Å². The molecule has 0 unspecified atom stereocenters. The summed E-state index contributed by atoms with van der Waals surface area (Å²) >= 11 is 6.07. The second-order valence-corrected chi connectivity index (χ2v) is 8.45. The van der Waals surface area contributed by atoms with Crippen LogP contribution < -0.4 is 9.64 Å². The number of carbonyl (C=O) groups excluding carboxylic acids is 2. The Morgan fingerprint density at radius 3 is 2.20 bits per heavy atom.